The molecule has 0 saturated heterocycles. The van der Waals surface area contributed by atoms with Crippen LogP contribution in [-0.4, -0.2) is 23.3 Å². The molecule has 4 rings (SSSR count). The smallest absolute Gasteiger partial charge is 0.261 e. The third kappa shape index (κ3) is 2.60. The Morgan fingerprint density at radius 3 is 2.24 bits per heavy atom. The van der Waals surface area contributed by atoms with E-state index < -0.39 is 0 Å². The Hall–Kier alpha value is -3.01. The summed E-state index contributed by atoms with van der Waals surface area (Å²) in [5, 5.41) is 1.23. The number of benzene rings is 2. The van der Waals surface area contributed by atoms with Crippen molar-refractivity contribution in [1.82, 2.24) is 4.90 Å². The number of carbonyl (C=O) groups excluding carboxylic acids is 2. The van der Waals surface area contributed by atoms with E-state index in [1.165, 1.54) is 21.4 Å². The van der Waals surface area contributed by atoms with Crippen molar-refractivity contribution >= 4 is 22.7 Å². The summed E-state index contributed by atoms with van der Waals surface area (Å²) >= 11 is 0. The van der Waals surface area contributed by atoms with Gasteiger partial charge in [0.2, 0.25) is 5.52 Å². The quantitative estimate of drug-likeness (QED) is 0.544. The molecule has 0 radical (unpaired) electrons. The summed E-state index contributed by atoms with van der Waals surface area (Å²) in [4.78, 5) is 26.2. The van der Waals surface area contributed by atoms with Crippen molar-refractivity contribution in [2.24, 2.45) is 0 Å². The minimum Gasteiger partial charge on any atom is -0.274 e. The lowest BCUT2D eigenvalue weighted by Crippen LogP contribution is -2.38. The number of aryl methyl sites for hydroxylation is 2. The third-order valence-corrected chi connectivity index (χ3v) is 4.80. The first-order valence-electron chi connectivity index (χ1n) is 8.50. The van der Waals surface area contributed by atoms with Gasteiger partial charge in [0.15, 0.2) is 12.7 Å². The van der Waals surface area contributed by atoms with E-state index >= 15 is 0 Å². The number of hydrogen-bond donors (Lipinski definition) is 0. The second-order valence-electron chi connectivity index (χ2n) is 6.37. The number of imide groups is 1. The molecule has 0 atom stereocenters. The minimum atomic E-state index is -0.181. The number of carbonyl (C=O) groups is 2. The van der Waals surface area contributed by atoms with Gasteiger partial charge in [-0.3, -0.25) is 14.5 Å². The maximum absolute atomic E-state index is 12.4. The zero-order chi connectivity index (χ0) is 17.4. The minimum absolute atomic E-state index is 0.181. The summed E-state index contributed by atoms with van der Waals surface area (Å²) in [5.74, 6) is -0.362. The number of amides is 2. The number of hydrogen-bond acceptors (Lipinski definition) is 2. The molecule has 0 N–H and O–H groups in total. The number of nitrogens with zero attached hydrogens (tertiary/aromatic N) is 2. The van der Waals surface area contributed by atoms with E-state index in [1.54, 1.807) is 24.3 Å². The van der Waals surface area contributed by atoms with E-state index in [0.29, 0.717) is 17.7 Å². The van der Waals surface area contributed by atoms with Gasteiger partial charge in [-0.25, -0.2) is 0 Å². The Kier molecular flexibility index (Phi) is 3.80. The van der Waals surface area contributed by atoms with Crippen LogP contribution in [0.5, 0.6) is 0 Å². The Bertz CT molecular complexity index is 959. The summed E-state index contributed by atoms with van der Waals surface area (Å²) < 4.78 is 2.18. The Labute approximate surface area is 146 Å². The average Bonchev–Trinajstić information content (AvgIpc) is 2.89. The number of para-hydroxylation sites is 1. The first kappa shape index (κ1) is 15.5. The van der Waals surface area contributed by atoms with Crippen molar-refractivity contribution in [3.05, 3.63) is 77.5 Å². The second-order valence-corrected chi connectivity index (χ2v) is 6.37. The summed E-state index contributed by atoms with van der Waals surface area (Å²) in [6, 6.07) is 17.4. The van der Waals surface area contributed by atoms with Crippen LogP contribution in [0, 0.1) is 6.92 Å². The lowest BCUT2D eigenvalue weighted by atomic mass is 10.1. The lowest BCUT2D eigenvalue weighted by molar-refractivity contribution is -0.671. The molecule has 2 heterocycles. The highest BCUT2D eigenvalue weighted by Gasteiger charge is 2.34. The van der Waals surface area contributed by atoms with Crippen LogP contribution in [-0.2, 0) is 6.54 Å². The van der Waals surface area contributed by atoms with Crippen molar-refractivity contribution in [2.75, 3.05) is 6.54 Å². The SMILES string of the molecule is Cc1cc[n+](CCCN2C(=O)c3ccccc3C2=O)c2ccccc12. The van der Waals surface area contributed by atoms with Crippen LogP contribution in [0.15, 0.2) is 60.8 Å². The van der Waals surface area contributed by atoms with Gasteiger partial charge in [-0.15, -0.1) is 0 Å². The van der Waals surface area contributed by atoms with Crippen LogP contribution in [0.25, 0.3) is 10.9 Å². The van der Waals surface area contributed by atoms with E-state index in [0.717, 1.165) is 13.0 Å². The van der Waals surface area contributed by atoms with Crippen LogP contribution >= 0.6 is 0 Å². The highest BCUT2D eigenvalue weighted by molar-refractivity contribution is 6.21. The highest BCUT2D eigenvalue weighted by Crippen LogP contribution is 2.22. The molecule has 0 aliphatic carbocycles. The Morgan fingerprint density at radius 1 is 0.880 bits per heavy atom. The van der Waals surface area contributed by atoms with E-state index in [9.17, 15) is 9.59 Å². The molecule has 25 heavy (non-hydrogen) atoms. The molecule has 3 aromatic rings. The van der Waals surface area contributed by atoms with Gasteiger partial charge in [-0.1, -0.05) is 24.3 Å². The molecule has 0 fully saturated rings. The standard InChI is InChI=1S/C21H19N2O2/c1-15-11-14-22(19-10-5-4-7-16(15)19)12-6-13-23-20(24)17-8-2-3-9-18(17)21(23)25/h2-5,7-11,14H,6,12-13H2,1H3/q+1. The van der Waals surface area contributed by atoms with Gasteiger partial charge in [0.25, 0.3) is 11.8 Å². The Morgan fingerprint density at radius 2 is 1.52 bits per heavy atom. The second kappa shape index (κ2) is 6.13. The van der Waals surface area contributed by atoms with Crippen LogP contribution < -0.4 is 4.57 Å². The average molecular weight is 331 g/mol. The summed E-state index contributed by atoms with van der Waals surface area (Å²) in [6.07, 6.45) is 2.79. The Balaban J connectivity index is 1.50. The van der Waals surface area contributed by atoms with Crippen LogP contribution in [0.4, 0.5) is 0 Å². The van der Waals surface area contributed by atoms with Crippen molar-refractivity contribution < 1.29 is 14.2 Å². The maximum Gasteiger partial charge on any atom is 0.261 e. The number of pyridine rings is 1. The molecule has 0 bridgehead atoms. The summed E-state index contributed by atoms with van der Waals surface area (Å²) in [7, 11) is 0. The monoisotopic (exact) mass is 331 g/mol. The van der Waals surface area contributed by atoms with E-state index in [4.69, 9.17) is 0 Å². The van der Waals surface area contributed by atoms with Gasteiger partial charge < -0.3 is 0 Å². The zero-order valence-electron chi connectivity index (χ0n) is 14.1. The van der Waals surface area contributed by atoms with Gasteiger partial charge in [0.1, 0.15) is 0 Å². The van der Waals surface area contributed by atoms with Gasteiger partial charge in [-0.05, 0) is 30.7 Å². The summed E-state index contributed by atoms with van der Waals surface area (Å²) in [6.45, 7) is 3.29. The normalized spacial score (nSPS) is 13.6. The van der Waals surface area contributed by atoms with Crippen LogP contribution in [0.2, 0.25) is 0 Å². The molecular weight excluding hydrogens is 312 g/mol. The largest absolute Gasteiger partial charge is 0.274 e. The third-order valence-electron chi connectivity index (χ3n) is 4.80. The fourth-order valence-electron chi connectivity index (χ4n) is 3.47. The molecule has 4 heteroatoms. The number of rotatable bonds is 4. The molecular formula is C21H19N2O2+. The lowest BCUT2D eigenvalue weighted by Gasteiger charge is -2.12. The number of aromatic nitrogens is 1. The summed E-state index contributed by atoms with van der Waals surface area (Å²) in [5.41, 5.74) is 3.44. The van der Waals surface area contributed by atoms with E-state index in [1.807, 2.05) is 12.1 Å². The molecule has 4 nitrogen and oxygen atoms in total. The fraction of sp³-hybridized carbons (Fsp3) is 0.190. The predicted octanol–water partition coefficient (Wildman–Crippen LogP) is 3.12. The van der Waals surface area contributed by atoms with Crippen LogP contribution in [0.1, 0.15) is 32.7 Å². The molecule has 0 saturated carbocycles. The molecule has 2 amide bonds. The van der Waals surface area contributed by atoms with Crippen molar-refractivity contribution in [3.63, 3.8) is 0 Å². The topological polar surface area (TPSA) is 41.3 Å². The van der Waals surface area contributed by atoms with Crippen molar-refractivity contribution in [3.8, 4) is 0 Å². The first-order valence-corrected chi connectivity index (χ1v) is 8.50. The number of fused-ring (bicyclic) bond motifs is 2. The molecule has 1 aliphatic heterocycles. The van der Waals surface area contributed by atoms with Gasteiger partial charge in [0.05, 0.1) is 11.1 Å². The van der Waals surface area contributed by atoms with Crippen LogP contribution in [0.3, 0.4) is 0 Å². The zero-order valence-corrected chi connectivity index (χ0v) is 14.1. The van der Waals surface area contributed by atoms with Gasteiger partial charge in [-0.2, -0.15) is 4.57 Å². The van der Waals surface area contributed by atoms with E-state index in [2.05, 4.69) is 35.9 Å². The molecule has 124 valence electrons. The highest BCUT2D eigenvalue weighted by atomic mass is 16.2. The van der Waals surface area contributed by atoms with E-state index in [-0.39, 0.29) is 11.8 Å². The molecule has 2 aromatic carbocycles. The molecule has 0 unspecified atom stereocenters. The molecule has 1 aromatic heterocycles. The predicted molar refractivity (Wildman–Crippen MR) is 95.3 cm³/mol. The molecule has 0 spiro atoms. The van der Waals surface area contributed by atoms with Crippen molar-refractivity contribution in [2.45, 2.75) is 19.9 Å². The molecule has 1 aliphatic rings. The fourth-order valence-corrected chi connectivity index (χ4v) is 3.47. The van der Waals surface area contributed by atoms with Crippen molar-refractivity contribution in [1.29, 1.82) is 0 Å². The van der Waals surface area contributed by atoms with Gasteiger partial charge in [0, 0.05) is 30.5 Å². The van der Waals surface area contributed by atoms with Gasteiger partial charge >= 0.3 is 0 Å². The maximum atomic E-state index is 12.4. The first-order chi connectivity index (χ1) is 12.2.